The Hall–Kier alpha value is -3.60. The Kier molecular flexibility index (Phi) is 5.56. The van der Waals surface area contributed by atoms with Crippen LogP contribution in [0.1, 0.15) is 27.2 Å². The van der Waals surface area contributed by atoms with Crippen molar-refractivity contribution in [3.05, 3.63) is 102 Å². The minimum atomic E-state index is -0.0979. The van der Waals surface area contributed by atoms with E-state index in [2.05, 4.69) is 17.2 Å². The minimum absolute atomic E-state index is 0.0979. The number of nitrogens with one attached hydrogen (secondary N) is 1. The highest BCUT2D eigenvalue weighted by molar-refractivity contribution is 5.94. The van der Waals surface area contributed by atoms with E-state index in [1.165, 1.54) is 5.56 Å². The van der Waals surface area contributed by atoms with Gasteiger partial charge in [-0.15, -0.1) is 0 Å². The van der Waals surface area contributed by atoms with Gasteiger partial charge in [-0.05, 0) is 48.4 Å². The monoisotopic (exact) mass is 385 g/mol. The Balaban J connectivity index is 1.27. The lowest BCUT2D eigenvalue weighted by atomic mass is 10.2. The van der Waals surface area contributed by atoms with Gasteiger partial charge in [0.1, 0.15) is 18.0 Å². The van der Waals surface area contributed by atoms with Crippen LogP contribution in [-0.4, -0.2) is 21.8 Å². The number of ether oxygens (including phenoxy) is 1. The van der Waals surface area contributed by atoms with Gasteiger partial charge in [0.2, 0.25) is 0 Å². The molecule has 0 saturated carbocycles. The summed E-state index contributed by atoms with van der Waals surface area (Å²) in [6.45, 7) is 3.09. The molecule has 5 nitrogen and oxygen atoms in total. The number of imidazole rings is 1. The average Bonchev–Trinajstić information content (AvgIpc) is 3.15. The van der Waals surface area contributed by atoms with E-state index in [0.29, 0.717) is 25.1 Å². The molecule has 0 radical (unpaired) electrons. The average molecular weight is 385 g/mol. The number of hydrogen-bond donors (Lipinski definition) is 1. The molecule has 0 unspecified atom stereocenters. The maximum absolute atomic E-state index is 12.4. The zero-order valence-corrected chi connectivity index (χ0v) is 16.3. The fourth-order valence-corrected chi connectivity index (χ4v) is 3.13. The van der Waals surface area contributed by atoms with E-state index in [1.54, 1.807) is 12.1 Å². The number of nitrogens with zero attached hydrogens (tertiary/aromatic N) is 2. The molecule has 0 aliphatic carbocycles. The normalized spacial score (nSPS) is 10.8. The molecule has 0 saturated heterocycles. The maximum atomic E-state index is 12.4. The van der Waals surface area contributed by atoms with E-state index in [4.69, 9.17) is 4.74 Å². The third-order valence-corrected chi connectivity index (χ3v) is 4.68. The summed E-state index contributed by atoms with van der Waals surface area (Å²) in [5, 5.41) is 2.95. The standard InChI is InChI=1S/C24H23N3O2/c1-18-7-12-23-26-21(16-27(23)15-18)13-14-25-24(28)20-8-10-22(11-9-20)29-17-19-5-3-2-4-6-19/h2-12,15-16H,13-14,17H2,1H3,(H,25,28). The minimum Gasteiger partial charge on any atom is -0.489 e. The zero-order valence-electron chi connectivity index (χ0n) is 16.3. The van der Waals surface area contributed by atoms with E-state index in [-0.39, 0.29) is 5.91 Å². The molecule has 1 amide bonds. The van der Waals surface area contributed by atoms with Gasteiger partial charge in [0.15, 0.2) is 0 Å². The summed E-state index contributed by atoms with van der Waals surface area (Å²) < 4.78 is 7.78. The number of hydrogen-bond acceptors (Lipinski definition) is 3. The van der Waals surface area contributed by atoms with Crippen LogP contribution in [0, 0.1) is 6.92 Å². The second kappa shape index (κ2) is 8.61. The summed E-state index contributed by atoms with van der Waals surface area (Å²) >= 11 is 0. The lowest BCUT2D eigenvalue weighted by Crippen LogP contribution is -2.25. The van der Waals surface area contributed by atoms with Crippen LogP contribution in [0.2, 0.25) is 0 Å². The van der Waals surface area contributed by atoms with Crippen LogP contribution in [0.25, 0.3) is 5.65 Å². The molecule has 0 aliphatic heterocycles. The van der Waals surface area contributed by atoms with Crippen molar-refractivity contribution in [1.82, 2.24) is 14.7 Å². The fraction of sp³-hybridized carbons (Fsp3) is 0.167. The van der Waals surface area contributed by atoms with Gasteiger partial charge in [0.25, 0.3) is 5.91 Å². The van der Waals surface area contributed by atoms with Gasteiger partial charge in [0, 0.05) is 30.9 Å². The van der Waals surface area contributed by atoms with E-state index in [9.17, 15) is 4.79 Å². The third-order valence-electron chi connectivity index (χ3n) is 4.68. The second-order valence-electron chi connectivity index (χ2n) is 7.01. The lowest BCUT2D eigenvalue weighted by molar-refractivity contribution is 0.0954. The van der Waals surface area contributed by atoms with Gasteiger partial charge >= 0.3 is 0 Å². The van der Waals surface area contributed by atoms with Crippen molar-refractivity contribution < 1.29 is 9.53 Å². The number of carbonyl (C=O) groups excluding carboxylic acids is 1. The molecule has 0 spiro atoms. The fourth-order valence-electron chi connectivity index (χ4n) is 3.13. The highest BCUT2D eigenvalue weighted by atomic mass is 16.5. The molecular weight excluding hydrogens is 362 g/mol. The van der Waals surface area contributed by atoms with E-state index < -0.39 is 0 Å². The number of aromatic nitrogens is 2. The summed E-state index contributed by atoms with van der Waals surface area (Å²) in [7, 11) is 0. The molecule has 2 heterocycles. The van der Waals surface area contributed by atoms with Gasteiger partial charge in [0.05, 0.1) is 5.69 Å². The molecule has 2 aromatic carbocycles. The van der Waals surface area contributed by atoms with Crippen molar-refractivity contribution in [3.63, 3.8) is 0 Å². The van der Waals surface area contributed by atoms with Crippen LogP contribution < -0.4 is 10.1 Å². The summed E-state index contributed by atoms with van der Waals surface area (Å²) in [6, 6.07) is 21.2. The van der Waals surface area contributed by atoms with Crippen molar-refractivity contribution >= 4 is 11.6 Å². The molecular formula is C24H23N3O2. The number of aryl methyl sites for hydroxylation is 1. The molecule has 5 heteroatoms. The Morgan fingerprint density at radius 3 is 2.59 bits per heavy atom. The van der Waals surface area contributed by atoms with Crippen molar-refractivity contribution in [2.75, 3.05) is 6.54 Å². The van der Waals surface area contributed by atoms with Crippen LogP contribution in [0.4, 0.5) is 0 Å². The Morgan fingerprint density at radius 2 is 1.79 bits per heavy atom. The Morgan fingerprint density at radius 1 is 1.00 bits per heavy atom. The first-order valence-electron chi connectivity index (χ1n) is 9.66. The van der Waals surface area contributed by atoms with Crippen molar-refractivity contribution in [3.8, 4) is 5.75 Å². The summed E-state index contributed by atoms with van der Waals surface area (Å²) in [5.41, 5.74) is 4.79. The number of rotatable bonds is 7. The number of pyridine rings is 1. The number of benzene rings is 2. The predicted molar refractivity (Wildman–Crippen MR) is 113 cm³/mol. The first-order valence-corrected chi connectivity index (χ1v) is 9.66. The van der Waals surface area contributed by atoms with Crippen LogP contribution in [-0.2, 0) is 13.0 Å². The molecule has 0 bridgehead atoms. The van der Waals surface area contributed by atoms with Crippen LogP contribution in [0.5, 0.6) is 5.75 Å². The van der Waals surface area contributed by atoms with Gasteiger partial charge < -0.3 is 14.5 Å². The first kappa shape index (κ1) is 18.7. The molecule has 29 heavy (non-hydrogen) atoms. The van der Waals surface area contributed by atoms with Crippen LogP contribution >= 0.6 is 0 Å². The summed E-state index contributed by atoms with van der Waals surface area (Å²) in [4.78, 5) is 16.9. The molecule has 0 aliphatic rings. The van der Waals surface area contributed by atoms with Gasteiger partial charge in [-0.25, -0.2) is 4.98 Å². The van der Waals surface area contributed by atoms with Crippen LogP contribution in [0.15, 0.2) is 79.1 Å². The zero-order chi connectivity index (χ0) is 20.1. The third kappa shape index (κ3) is 4.82. The number of fused-ring (bicyclic) bond motifs is 1. The second-order valence-corrected chi connectivity index (χ2v) is 7.01. The van der Waals surface area contributed by atoms with E-state index >= 15 is 0 Å². The summed E-state index contributed by atoms with van der Waals surface area (Å²) in [6.07, 6.45) is 4.74. The van der Waals surface area contributed by atoms with Gasteiger partial charge in [-0.3, -0.25) is 4.79 Å². The molecule has 4 aromatic rings. The van der Waals surface area contributed by atoms with Gasteiger partial charge in [-0.2, -0.15) is 0 Å². The highest BCUT2D eigenvalue weighted by Crippen LogP contribution is 2.14. The molecule has 4 rings (SSSR count). The van der Waals surface area contributed by atoms with Crippen molar-refractivity contribution in [2.24, 2.45) is 0 Å². The van der Waals surface area contributed by atoms with Crippen LogP contribution in [0.3, 0.4) is 0 Å². The van der Waals surface area contributed by atoms with E-state index in [1.807, 2.05) is 71.4 Å². The Labute approximate surface area is 170 Å². The van der Waals surface area contributed by atoms with Crippen molar-refractivity contribution in [1.29, 1.82) is 0 Å². The quantitative estimate of drug-likeness (QED) is 0.519. The van der Waals surface area contributed by atoms with Crippen molar-refractivity contribution in [2.45, 2.75) is 20.0 Å². The molecule has 0 atom stereocenters. The Bertz CT molecular complexity index is 1100. The lowest BCUT2D eigenvalue weighted by Gasteiger charge is -2.08. The first-order chi connectivity index (χ1) is 14.2. The number of amides is 1. The van der Waals surface area contributed by atoms with E-state index in [0.717, 1.165) is 22.7 Å². The molecule has 0 fully saturated rings. The molecule has 1 N–H and O–H groups in total. The van der Waals surface area contributed by atoms with Gasteiger partial charge in [-0.1, -0.05) is 36.4 Å². The molecule has 146 valence electrons. The largest absolute Gasteiger partial charge is 0.489 e. The SMILES string of the molecule is Cc1ccc2nc(CCNC(=O)c3ccc(OCc4ccccc4)cc3)cn2c1. The smallest absolute Gasteiger partial charge is 0.251 e. The topological polar surface area (TPSA) is 55.6 Å². The predicted octanol–water partition coefficient (Wildman–Crippen LogP) is 4.19. The maximum Gasteiger partial charge on any atom is 0.251 e. The number of carbonyl (C=O) groups is 1. The molecule has 2 aromatic heterocycles. The summed E-state index contributed by atoms with van der Waals surface area (Å²) in [5.74, 6) is 0.643. The highest BCUT2D eigenvalue weighted by Gasteiger charge is 2.07.